The number of carbonyl (C=O) groups excluding carboxylic acids is 1. The second kappa shape index (κ2) is 10.0. The summed E-state index contributed by atoms with van der Waals surface area (Å²) in [4.78, 5) is 22.7. The van der Waals surface area contributed by atoms with Gasteiger partial charge in [-0.1, -0.05) is 23.7 Å². The lowest BCUT2D eigenvalue weighted by atomic mass is 10.2. The molecule has 162 valence electrons. The van der Waals surface area contributed by atoms with E-state index in [0.29, 0.717) is 21.8 Å². The van der Waals surface area contributed by atoms with E-state index >= 15 is 0 Å². The molecule has 1 aliphatic heterocycles. The summed E-state index contributed by atoms with van der Waals surface area (Å²) in [6.07, 6.45) is 1.48. The van der Waals surface area contributed by atoms with Crippen molar-refractivity contribution in [1.82, 2.24) is 20.3 Å². The Bertz CT molecular complexity index is 1040. The maximum Gasteiger partial charge on any atom is 0.277 e. The Kier molecular flexibility index (Phi) is 6.95. The van der Waals surface area contributed by atoms with Crippen LogP contribution in [0.3, 0.4) is 0 Å². The number of benzene rings is 1. The van der Waals surface area contributed by atoms with E-state index in [9.17, 15) is 4.79 Å². The van der Waals surface area contributed by atoms with Crippen molar-refractivity contribution in [2.45, 2.75) is 6.54 Å². The van der Waals surface area contributed by atoms with Gasteiger partial charge in [0.05, 0.1) is 25.0 Å². The Morgan fingerprint density at radius 3 is 2.71 bits per heavy atom. The second-order valence-electron chi connectivity index (χ2n) is 6.83. The number of hydrogen-bond donors (Lipinski definition) is 4. The zero-order valence-electron chi connectivity index (χ0n) is 16.5. The first-order valence-electron chi connectivity index (χ1n) is 9.60. The van der Waals surface area contributed by atoms with Gasteiger partial charge in [-0.2, -0.15) is 4.98 Å². The minimum Gasteiger partial charge on any atom is -0.379 e. The van der Waals surface area contributed by atoms with E-state index < -0.39 is 5.91 Å². The van der Waals surface area contributed by atoms with Crippen LogP contribution in [0.2, 0.25) is 5.02 Å². The molecule has 0 aliphatic carbocycles. The summed E-state index contributed by atoms with van der Waals surface area (Å²) in [5, 5.41) is 17.6. The number of anilines is 4. The standard InChI is InChI=1S/C20H21ClN6O3S/c21-16-11-22-20(25-17(16)24-19-15(5-10-31-19)18(28)26-29)23-14-3-1-13(2-4-14)12-27-6-8-30-9-7-27/h1-5,10-11,29H,6-9,12H2,(H,26,28)(H2,22,23,24,25). The average molecular weight is 461 g/mol. The van der Waals surface area contributed by atoms with Gasteiger partial charge in [-0.15, -0.1) is 11.3 Å². The molecule has 0 radical (unpaired) electrons. The maximum atomic E-state index is 11.8. The van der Waals surface area contributed by atoms with Crippen molar-refractivity contribution in [1.29, 1.82) is 0 Å². The van der Waals surface area contributed by atoms with E-state index in [1.165, 1.54) is 23.1 Å². The number of amides is 1. The molecule has 0 bridgehead atoms. The van der Waals surface area contributed by atoms with Gasteiger partial charge in [0.25, 0.3) is 5.91 Å². The Morgan fingerprint density at radius 2 is 1.97 bits per heavy atom. The van der Waals surface area contributed by atoms with E-state index in [1.807, 2.05) is 12.1 Å². The van der Waals surface area contributed by atoms with Crippen molar-refractivity contribution in [3.05, 3.63) is 58.1 Å². The largest absolute Gasteiger partial charge is 0.379 e. The highest BCUT2D eigenvalue weighted by Gasteiger charge is 2.15. The fraction of sp³-hybridized carbons (Fsp3) is 0.250. The molecule has 1 fully saturated rings. The van der Waals surface area contributed by atoms with Crippen molar-refractivity contribution in [2.24, 2.45) is 0 Å². The third kappa shape index (κ3) is 5.49. The molecule has 9 nitrogen and oxygen atoms in total. The van der Waals surface area contributed by atoms with Gasteiger partial charge in [-0.05, 0) is 29.1 Å². The van der Waals surface area contributed by atoms with Crippen LogP contribution in [-0.4, -0.2) is 52.3 Å². The minimum absolute atomic E-state index is 0.285. The molecule has 3 aromatic rings. The lowest BCUT2D eigenvalue weighted by Gasteiger charge is -2.26. The third-order valence-corrected chi connectivity index (χ3v) is 5.81. The highest BCUT2D eigenvalue weighted by Crippen LogP contribution is 2.30. The lowest BCUT2D eigenvalue weighted by Crippen LogP contribution is -2.35. The van der Waals surface area contributed by atoms with Crippen LogP contribution < -0.4 is 16.1 Å². The molecule has 4 rings (SSSR count). The van der Waals surface area contributed by atoms with Crippen molar-refractivity contribution in [3.8, 4) is 0 Å². The summed E-state index contributed by atoms with van der Waals surface area (Å²) in [5.74, 6) is 0.0829. The number of halogens is 1. The van der Waals surface area contributed by atoms with Crippen molar-refractivity contribution in [2.75, 3.05) is 36.9 Å². The van der Waals surface area contributed by atoms with Gasteiger partial charge in [0.1, 0.15) is 10.0 Å². The molecule has 0 unspecified atom stereocenters. The molecule has 1 aromatic carbocycles. The van der Waals surface area contributed by atoms with E-state index in [4.69, 9.17) is 21.5 Å². The normalized spacial score (nSPS) is 14.3. The van der Waals surface area contributed by atoms with Crippen molar-refractivity contribution < 1.29 is 14.7 Å². The minimum atomic E-state index is -0.621. The highest BCUT2D eigenvalue weighted by atomic mass is 35.5. The zero-order chi connectivity index (χ0) is 21.6. The Balaban J connectivity index is 1.43. The van der Waals surface area contributed by atoms with Gasteiger partial charge < -0.3 is 15.4 Å². The van der Waals surface area contributed by atoms with Crippen LogP contribution in [0.15, 0.2) is 41.9 Å². The van der Waals surface area contributed by atoms with Gasteiger partial charge in [0, 0.05) is 25.3 Å². The number of hydroxylamine groups is 1. The van der Waals surface area contributed by atoms with Crippen molar-refractivity contribution in [3.63, 3.8) is 0 Å². The first-order chi connectivity index (χ1) is 15.1. The van der Waals surface area contributed by atoms with Crippen molar-refractivity contribution >= 4 is 51.3 Å². The molecule has 3 heterocycles. The van der Waals surface area contributed by atoms with E-state index in [0.717, 1.165) is 38.5 Å². The number of nitrogens with one attached hydrogen (secondary N) is 3. The smallest absolute Gasteiger partial charge is 0.277 e. The number of morpholine rings is 1. The molecule has 1 aliphatic rings. The van der Waals surface area contributed by atoms with Crippen LogP contribution in [0.1, 0.15) is 15.9 Å². The summed E-state index contributed by atoms with van der Waals surface area (Å²) >= 11 is 7.51. The molecular weight excluding hydrogens is 440 g/mol. The topological polar surface area (TPSA) is 112 Å². The Morgan fingerprint density at radius 1 is 1.19 bits per heavy atom. The molecule has 31 heavy (non-hydrogen) atoms. The summed E-state index contributed by atoms with van der Waals surface area (Å²) in [6, 6.07) is 9.68. The SMILES string of the molecule is O=C(NO)c1ccsc1Nc1nc(Nc2ccc(CN3CCOCC3)cc2)ncc1Cl. The van der Waals surface area contributed by atoms with Crippen LogP contribution in [0.25, 0.3) is 0 Å². The highest BCUT2D eigenvalue weighted by molar-refractivity contribution is 7.14. The average Bonchev–Trinajstić information content (AvgIpc) is 3.26. The van der Waals surface area contributed by atoms with Gasteiger partial charge in [-0.25, -0.2) is 10.5 Å². The number of thiophene rings is 1. The summed E-state index contributed by atoms with van der Waals surface area (Å²) < 4.78 is 5.39. The molecule has 0 saturated carbocycles. The van der Waals surface area contributed by atoms with Crippen LogP contribution >= 0.6 is 22.9 Å². The molecule has 0 atom stereocenters. The van der Waals surface area contributed by atoms with Gasteiger partial charge in [0.2, 0.25) is 5.95 Å². The summed E-state index contributed by atoms with van der Waals surface area (Å²) in [7, 11) is 0. The van der Waals surface area contributed by atoms with Crippen LogP contribution in [-0.2, 0) is 11.3 Å². The number of rotatable bonds is 7. The molecule has 0 spiro atoms. The number of nitrogens with zero attached hydrogens (tertiary/aromatic N) is 3. The molecule has 1 amide bonds. The predicted molar refractivity (Wildman–Crippen MR) is 120 cm³/mol. The Labute approximate surface area is 188 Å². The summed E-state index contributed by atoms with van der Waals surface area (Å²) in [5.41, 5.74) is 3.97. The van der Waals surface area contributed by atoms with E-state index in [1.54, 1.807) is 16.9 Å². The maximum absolute atomic E-state index is 11.8. The quantitative estimate of drug-likeness (QED) is 0.312. The molecular formula is C20H21ClN6O3S. The number of ether oxygens (including phenoxy) is 1. The zero-order valence-corrected chi connectivity index (χ0v) is 18.0. The predicted octanol–water partition coefficient (Wildman–Crippen LogP) is 3.63. The third-order valence-electron chi connectivity index (χ3n) is 4.71. The van der Waals surface area contributed by atoms with E-state index in [-0.39, 0.29) is 5.56 Å². The Hall–Kier alpha value is -2.76. The first kappa shape index (κ1) is 21.5. The molecule has 1 saturated heterocycles. The fourth-order valence-corrected chi connectivity index (χ4v) is 4.03. The number of carbonyl (C=O) groups is 1. The van der Waals surface area contributed by atoms with Crippen LogP contribution in [0.4, 0.5) is 22.5 Å². The summed E-state index contributed by atoms with van der Waals surface area (Å²) in [6.45, 7) is 4.34. The first-order valence-corrected chi connectivity index (χ1v) is 10.9. The van der Waals surface area contributed by atoms with Crippen LogP contribution in [0.5, 0.6) is 0 Å². The number of hydrogen-bond acceptors (Lipinski definition) is 9. The van der Waals surface area contributed by atoms with Gasteiger partial charge in [0.15, 0.2) is 5.82 Å². The van der Waals surface area contributed by atoms with E-state index in [2.05, 4.69) is 37.6 Å². The van der Waals surface area contributed by atoms with Crippen LogP contribution in [0, 0.1) is 0 Å². The monoisotopic (exact) mass is 460 g/mol. The molecule has 11 heteroatoms. The second-order valence-corrected chi connectivity index (χ2v) is 8.15. The molecule has 2 aromatic heterocycles. The lowest BCUT2D eigenvalue weighted by molar-refractivity contribution is 0.0342. The van der Waals surface area contributed by atoms with Gasteiger partial charge in [-0.3, -0.25) is 14.9 Å². The number of aromatic nitrogens is 2. The molecule has 4 N–H and O–H groups in total. The van der Waals surface area contributed by atoms with Gasteiger partial charge >= 0.3 is 0 Å². The fourth-order valence-electron chi connectivity index (χ4n) is 3.11.